The van der Waals surface area contributed by atoms with Crippen molar-refractivity contribution in [1.29, 1.82) is 0 Å². The Bertz CT molecular complexity index is 1180. The maximum Gasteiger partial charge on any atom is 0.227 e. The molecule has 4 rings (SSSR count). The molecule has 3 nitrogen and oxygen atoms in total. The normalized spacial score (nSPS) is 12.2. The molecule has 3 heteroatoms. The molecule has 0 atom stereocenters. The lowest BCUT2D eigenvalue weighted by Crippen LogP contribution is -2.30. The van der Waals surface area contributed by atoms with Crippen LogP contribution in [-0.4, -0.2) is 4.98 Å². The summed E-state index contributed by atoms with van der Waals surface area (Å²) in [6, 6.07) is 13.1. The molecule has 0 aliphatic carbocycles. The zero-order valence-corrected chi connectivity index (χ0v) is 17.8. The van der Waals surface area contributed by atoms with Crippen molar-refractivity contribution in [2.45, 2.75) is 47.5 Å². The monoisotopic (exact) mass is 373 g/mol. The number of pyridine rings is 2. The van der Waals surface area contributed by atoms with Gasteiger partial charge < -0.3 is 4.42 Å². The van der Waals surface area contributed by atoms with Crippen molar-refractivity contribution in [3.05, 3.63) is 59.4 Å². The van der Waals surface area contributed by atoms with Gasteiger partial charge in [-0.25, -0.2) is 9.55 Å². The fourth-order valence-electron chi connectivity index (χ4n) is 3.90. The molecular weight excluding hydrogens is 344 g/mol. The number of benzene rings is 1. The molecule has 0 N–H and O–H groups in total. The lowest BCUT2D eigenvalue weighted by atomic mass is 9.90. The first kappa shape index (κ1) is 18.7. The smallest absolute Gasteiger partial charge is 0.227 e. The summed E-state index contributed by atoms with van der Waals surface area (Å²) in [7, 11) is 2.09. The van der Waals surface area contributed by atoms with Gasteiger partial charge in [0.05, 0.1) is 5.56 Å². The van der Waals surface area contributed by atoms with E-state index in [0.717, 1.165) is 46.2 Å². The van der Waals surface area contributed by atoms with E-state index in [-0.39, 0.29) is 5.41 Å². The highest BCUT2D eigenvalue weighted by Gasteiger charge is 2.22. The standard InChI is InChI=1S/C25H29N2O/c1-7-17-12-13-27(6)21(14-17)22-16(2)8-10-19-20-11-9-18(15-25(3,4)5)26-24(20)28-23(19)22/h8-14H,7,15H2,1-6H3/q+1. The summed E-state index contributed by atoms with van der Waals surface area (Å²) in [4.78, 5) is 4.84. The number of hydrogen-bond acceptors (Lipinski definition) is 2. The van der Waals surface area contributed by atoms with Gasteiger partial charge >= 0.3 is 0 Å². The summed E-state index contributed by atoms with van der Waals surface area (Å²) in [5.74, 6) is 0. The van der Waals surface area contributed by atoms with Crippen molar-refractivity contribution < 1.29 is 8.98 Å². The lowest BCUT2D eigenvalue weighted by molar-refractivity contribution is -0.660. The first-order valence-corrected chi connectivity index (χ1v) is 10.1. The number of rotatable bonds is 3. The van der Waals surface area contributed by atoms with Gasteiger partial charge in [0.1, 0.15) is 7.05 Å². The largest absolute Gasteiger partial charge is 0.437 e. The van der Waals surface area contributed by atoms with Gasteiger partial charge in [-0.05, 0) is 48.4 Å². The molecule has 0 fully saturated rings. The molecule has 4 aromatic rings. The molecule has 0 aliphatic heterocycles. The van der Waals surface area contributed by atoms with E-state index in [2.05, 4.69) is 88.8 Å². The van der Waals surface area contributed by atoms with Crippen LogP contribution < -0.4 is 4.57 Å². The summed E-state index contributed by atoms with van der Waals surface area (Å²) < 4.78 is 8.55. The van der Waals surface area contributed by atoms with Crippen molar-refractivity contribution in [3.8, 4) is 11.3 Å². The molecule has 1 aromatic carbocycles. The van der Waals surface area contributed by atoms with Gasteiger partial charge in [0.25, 0.3) is 0 Å². The predicted molar refractivity (Wildman–Crippen MR) is 115 cm³/mol. The lowest BCUT2D eigenvalue weighted by Gasteiger charge is -2.16. The second-order valence-corrected chi connectivity index (χ2v) is 9.01. The van der Waals surface area contributed by atoms with Gasteiger partial charge in [-0.15, -0.1) is 0 Å². The summed E-state index contributed by atoms with van der Waals surface area (Å²) in [6.07, 6.45) is 4.08. The van der Waals surface area contributed by atoms with E-state index in [1.165, 1.54) is 16.8 Å². The highest BCUT2D eigenvalue weighted by molar-refractivity contribution is 6.08. The van der Waals surface area contributed by atoms with E-state index in [0.29, 0.717) is 0 Å². The molecule has 144 valence electrons. The highest BCUT2D eigenvalue weighted by Crippen LogP contribution is 2.36. The topological polar surface area (TPSA) is 29.9 Å². The Morgan fingerprint density at radius 2 is 1.79 bits per heavy atom. The number of hydrogen-bond donors (Lipinski definition) is 0. The molecule has 0 bridgehead atoms. The molecule has 0 amide bonds. The van der Waals surface area contributed by atoms with Crippen molar-refractivity contribution >= 4 is 22.1 Å². The fraction of sp³-hybridized carbons (Fsp3) is 0.360. The van der Waals surface area contributed by atoms with Crippen molar-refractivity contribution in [1.82, 2.24) is 4.98 Å². The number of aryl methyl sites for hydroxylation is 3. The van der Waals surface area contributed by atoms with E-state index in [1.807, 2.05) is 0 Å². The Morgan fingerprint density at radius 1 is 1.04 bits per heavy atom. The van der Waals surface area contributed by atoms with Gasteiger partial charge in [-0.2, -0.15) is 0 Å². The van der Waals surface area contributed by atoms with Crippen molar-refractivity contribution in [2.24, 2.45) is 12.5 Å². The molecule has 0 radical (unpaired) electrons. The fourth-order valence-corrected chi connectivity index (χ4v) is 3.90. The molecule has 0 spiro atoms. The number of furan rings is 1. The zero-order valence-electron chi connectivity index (χ0n) is 17.8. The van der Waals surface area contributed by atoms with E-state index in [4.69, 9.17) is 9.40 Å². The molecular formula is C25H29N2O+. The summed E-state index contributed by atoms with van der Waals surface area (Å²) >= 11 is 0. The predicted octanol–water partition coefficient (Wildman–Crippen LogP) is 5.93. The minimum Gasteiger partial charge on any atom is -0.437 e. The SMILES string of the molecule is CCc1cc[n+](C)c(-c2c(C)ccc3c2oc2nc(CC(C)(C)C)ccc23)c1. The maximum absolute atomic E-state index is 6.38. The maximum atomic E-state index is 6.38. The Hall–Kier alpha value is -2.68. The van der Waals surface area contributed by atoms with Crippen LogP contribution in [0.1, 0.15) is 44.5 Å². The second kappa shape index (κ2) is 6.73. The Morgan fingerprint density at radius 3 is 2.50 bits per heavy atom. The minimum atomic E-state index is 0.197. The average Bonchev–Trinajstić information content (AvgIpc) is 2.98. The van der Waals surface area contributed by atoms with Gasteiger partial charge in [0, 0.05) is 28.6 Å². The van der Waals surface area contributed by atoms with Crippen LogP contribution in [0.5, 0.6) is 0 Å². The van der Waals surface area contributed by atoms with Crippen LogP contribution in [0, 0.1) is 12.3 Å². The summed E-state index contributed by atoms with van der Waals surface area (Å²) in [5, 5.41) is 2.22. The van der Waals surface area contributed by atoms with Gasteiger partial charge in [0.15, 0.2) is 11.8 Å². The average molecular weight is 374 g/mol. The zero-order chi connectivity index (χ0) is 20.1. The van der Waals surface area contributed by atoms with Crippen LogP contribution in [0.2, 0.25) is 0 Å². The highest BCUT2D eigenvalue weighted by atomic mass is 16.3. The van der Waals surface area contributed by atoms with Crippen LogP contribution in [0.3, 0.4) is 0 Å². The van der Waals surface area contributed by atoms with Crippen LogP contribution in [-0.2, 0) is 19.9 Å². The third kappa shape index (κ3) is 3.30. The minimum absolute atomic E-state index is 0.197. The molecule has 0 saturated carbocycles. The van der Waals surface area contributed by atoms with E-state index in [9.17, 15) is 0 Å². The Labute approximate surface area is 167 Å². The number of aromatic nitrogens is 2. The van der Waals surface area contributed by atoms with Gasteiger partial charge in [-0.1, -0.05) is 39.8 Å². The Kier molecular flexibility index (Phi) is 4.49. The Balaban J connectivity index is 1.97. The van der Waals surface area contributed by atoms with Crippen LogP contribution in [0.15, 0.2) is 47.0 Å². The molecule has 0 unspecified atom stereocenters. The first-order chi connectivity index (χ1) is 13.3. The van der Waals surface area contributed by atoms with Crippen molar-refractivity contribution in [2.75, 3.05) is 0 Å². The summed E-state index contributed by atoms with van der Waals surface area (Å²) in [6.45, 7) is 11.0. The molecule has 3 heterocycles. The van der Waals surface area contributed by atoms with Gasteiger partial charge in [0.2, 0.25) is 11.4 Å². The van der Waals surface area contributed by atoms with Gasteiger partial charge in [-0.3, -0.25) is 0 Å². The van der Waals surface area contributed by atoms with Crippen molar-refractivity contribution in [3.63, 3.8) is 0 Å². The van der Waals surface area contributed by atoms with Crippen LogP contribution in [0.4, 0.5) is 0 Å². The van der Waals surface area contributed by atoms with E-state index < -0.39 is 0 Å². The summed E-state index contributed by atoms with van der Waals surface area (Å²) in [5.41, 5.74) is 7.81. The molecule has 3 aromatic heterocycles. The van der Waals surface area contributed by atoms with Crippen LogP contribution in [0.25, 0.3) is 33.3 Å². The van der Waals surface area contributed by atoms with E-state index in [1.54, 1.807) is 0 Å². The van der Waals surface area contributed by atoms with Crippen LogP contribution >= 0.6 is 0 Å². The third-order valence-corrected chi connectivity index (χ3v) is 5.36. The molecule has 0 aliphatic rings. The van der Waals surface area contributed by atoms with E-state index >= 15 is 0 Å². The number of fused-ring (bicyclic) bond motifs is 3. The second-order valence-electron chi connectivity index (χ2n) is 9.01. The molecule has 0 saturated heterocycles. The molecule has 28 heavy (non-hydrogen) atoms. The third-order valence-electron chi connectivity index (χ3n) is 5.36. The quantitative estimate of drug-likeness (QED) is 0.416. The number of nitrogens with zero attached hydrogens (tertiary/aromatic N) is 2. The first-order valence-electron chi connectivity index (χ1n) is 10.1.